The van der Waals surface area contributed by atoms with E-state index < -0.39 is 0 Å². The molecule has 5 heterocycles. The standard InChI is InChI=1S/C23H21N9O2/c1-4-17(33)27-16-6-5-12(10-25-16)13-9-15-19(30-31-20(15)26-11-13)22-28-18-14(23(34)32(2)3)7-8-24-21(18)29-22/h5-11H,4H2,1-3H3,(H,24,28,29)(H,25,27,33)(H,26,30,31). The fraction of sp³-hybridized carbons (Fsp3) is 0.174. The number of carbonyl (C=O) groups is 2. The monoisotopic (exact) mass is 455 g/mol. The molecule has 0 saturated carbocycles. The van der Waals surface area contributed by atoms with Crippen LogP contribution in [0.5, 0.6) is 0 Å². The van der Waals surface area contributed by atoms with Crippen LogP contribution in [0.4, 0.5) is 5.82 Å². The van der Waals surface area contributed by atoms with E-state index in [9.17, 15) is 9.59 Å². The van der Waals surface area contributed by atoms with Gasteiger partial charge in [0.15, 0.2) is 17.1 Å². The maximum atomic E-state index is 12.6. The molecular weight excluding hydrogens is 434 g/mol. The van der Waals surface area contributed by atoms with Gasteiger partial charge in [-0.25, -0.2) is 19.9 Å². The summed E-state index contributed by atoms with van der Waals surface area (Å²) in [7, 11) is 3.39. The van der Waals surface area contributed by atoms with Gasteiger partial charge >= 0.3 is 0 Å². The first-order valence-corrected chi connectivity index (χ1v) is 10.6. The molecule has 0 aromatic carbocycles. The van der Waals surface area contributed by atoms with Gasteiger partial charge in [-0.05, 0) is 24.3 Å². The second kappa shape index (κ2) is 8.35. The van der Waals surface area contributed by atoms with Crippen molar-refractivity contribution in [3.05, 3.63) is 48.4 Å². The number of nitrogens with zero attached hydrogens (tertiary/aromatic N) is 6. The van der Waals surface area contributed by atoms with Gasteiger partial charge < -0.3 is 15.2 Å². The van der Waals surface area contributed by atoms with Gasteiger partial charge in [-0.1, -0.05) is 6.92 Å². The molecule has 0 bridgehead atoms. The SMILES string of the molecule is CCC(=O)Nc1ccc(-c2cnc3n[nH]c(-c4nc5nccc(C(=O)N(C)C)c5[nH]4)c3c2)cn1. The van der Waals surface area contributed by atoms with E-state index in [4.69, 9.17) is 0 Å². The number of carbonyl (C=O) groups excluding carboxylic acids is 2. The van der Waals surface area contributed by atoms with Crippen molar-refractivity contribution in [3.8, 4) is 22.6 Å². The van der Waals surface area contributed by atoms with Crippen LogP contribution in [-0.2, 0) is 4.79 Å². The Morgan fingerprint density at radius 1 is 1.03 bits per heavy atom. The van der Waals surface area contributed by atoms with Gasteiger partial charge in [-0.2, -0.15) is 5.10 Å². The summed E-state index contributed by atoms with van der Waals surface area (Å²) in [5.74, 6) is 0.749. The highest BCUT2D eigenvalue weighted by Crippen LogP contribution is 2.29. The number of nitrogens with one attached hydrogen (secondary N) is 3. The molecule has 0 aliphatic rings. The van der Waals surface area contributed by atoms with Crippen LogP contribution in [0.25, 0.3) is 44.8 Å². The molecular formula is C23H21N9O2. The van der Waals surface area contributed by atoms with E-state index in [0.29, 0.717) is 46.1 Å². The van der Waals surface area contributed by atoms with Crippen molar-refractivity contribution in [1.29, 1.82) is 0 Å². The summed E-state index contributed by atoms with van der Waals surface area (Å²) >= 11 is 0. The van der Waals surface area contributed by atoms with Gasteiger partial charge in [0.05, 0.1) is 16.5 Å². The van der Waals surface area contributed by atoms with Crippen LogP contribution in [0.15, 0.2) is 42.9 Å². The van der Waals surface area contributed by atoms with Crippen LogP contribution < -0.4 is 5.32 Å². The lowest BCUT2D eigenvalue weighted by molar-refractivity contribution is -0.115. The number of H-pyrrole nitrogens is 2. The summed E-state index contributed by atoms with van der Waals surface area (Å²) in [6, 6.07) is 7.22. The smallest absolute Gasteiger partial charge is 0.255 e. The molecule has 11 heteroatoms. The zero-order valence-electron chi connectivity index (χ0n) is 18.7. The van der Waals surface area contributed by atoms with Crippen LogP contribution in [0.2, 0.25) is 0 Å². The quantitative estimate of drug-likeness (QED) is 0.369. The highest BCUT2D eigenvalue weighted by Gasteiger charge is 2.19. The summed E-state index contributed by atoms with van der Waals surface area (Å²) < 4.78 is 0. The van der Waals surface area contributed by atoms with E-state index in [-0.39, 0.29) is 11.8 Å². The lowest BCUT2D eigenvalue weighted by Gasteiger charge is -2.09. The average Bonchev–Trinajstić information content (AvgIpc) is 3.47. The minimum Gasteiger partial charge on any atom is -0.345 e. The third-order valence-corrected chi connectivity index (χ3v) is 5.36. The molecule has 0 spiro atoms. The summed E-state index contributed by atoms with van der Waals surface area (Å²) in [6.45, 7) is 1.78. The van der Waals surface area contributed by atoms with Gasteiger partial charge in [-0.15, -0.1) is 0 Å². The Hall–Kier alpha value is -4.67. The molecule has 0 unspecified atom stereocenters. The minimum absolute atomic E-state index is 0.0952. The van der Waals surface area contributed by atoms with Crippen LogP contribution in [-0.4, -0.2) is 65.9 Å². The number of aromatic amines is 2. The van der Waals surface area contributed by atoms with E-state index in [0.717, 1.165) is 16.5 Å². The lowest BCUT2D eigenvalue weighted by atomic mass is 10.1. The Labute approximate surface area is 193 Å². The van der Waals surface area contributed by atoms with Crippen LogP contribution in [0, 0.1) is 0 Å². The van der Waals surface area contributed by atoms with E-state index in [1.165, 1.54) is 4.90 Å². The van der Waals surface area contributed by atoms with Gasteiger partial charge in [0, 0.05) is 50.2 Å². The van der Waals surface area contributed by atoms with Crippen molar-refractivity contribution in [3.63, 3.8) is 0 Å². The van der Waals surface area contributed by atoms with Crippen LogP contribution in [0.1, 0.15) is 23.7 Å². The molecule has 5 aromatic rings. The minimum atomic E-state index is -0.146. The molecule has 0 atom stereocenters. The molecule has 0 aliphatic heterocycles. The third-order valence-electron chi connectivity index (χ3n) is 5.36. The Morgan fingerprint density at radius 2 is 1.85 bits per heavy atom. The Morgan fingerprint density at radius 3 is 2.59 bits per heavy atom. The van der Waals surface area contributed by atoms with E-state index in [1.54, 1.807) is 51.7 Å². The number of imidazole rings is 1. The summed E-state index contributed by atoms with van der Waals surface area (Å²) in [5.41, 5.74) is 4.29. The Kier molecular flexibility index (Phi) is 5.21. The molecule has 0 saturated heterocycles. The zero-order valence-corrected chi connectivity index (χ0v) is 18.7. The number of aromatic nitrogens is 7. The number of fused-ring (bicyclic) bond motifs is 2. The lowest BCUT2D eigenvalue weighted by Crippen LogP contribution is -2.22. The molecule has 5 aromatic heterocycles. The highest BCUT2D eigenvalue weighted by molar-refractivity contribution is 6.04. The average molecular weight is 455 g/mol. The zero-order chi connectivity index (χ0) is 23.8. The van der Waals surface area contributed by atoms with Crippen LogP contribution in [0.3, 0.4) is 0 Å². The number of anilines is 1. The third kappa shape index (κ3) is 3.72. The molecule has 0 radical (unpaired) electrons. The fourth-order valence-corrected chi connectivity index (χ4v) is 3.56. The van der Waals surface area contributed by atoms with E-state index >= 15 is 0 Å². The van der Waals surface area contributed by atoms with Crippen molar-refractivity contribution in [2.75, 3.05) is 19.4 Å². The first-order chi connectivity index (χ1) is 16.4. The number of rotatable bonds is 5. The maximum absolute atomic E-state index is 12.6. The Bertz CT molecular complexity index is 1530. The predicted octanol–water partition coefficient (Wildman–Crippen LogP) is 3.01. The number of hydrogen-bond donors (Lipinski definition) is 3. The van der Waals surface area contributed by atoms with Crippen molar-refractivity contribution in [1.82, 2.24) is 40.0 Å². The van der Waals surface area contributed by atoms with E-state index in [1.807, 2.05) is 12.1 Å². The molecule has 34 heavy (non-hydrogen) atoms. The summed E-state index contributed by atoms with van der Waals surface area (Å²) in [6.07, 6.45) is 5.34. The maximum Gasteiger partial charge on any atom is 0.255 e. The number of pyridine rings is 3. The summed E-state index contributed by atoms with van der Waals surface area (Å²) in [5, 5.41) is 10.8. The predicted molar refractivity (Wildman–Crippen MR) is 127 cm³/mol. The van der Waals surface area contributed by atoms with E-state index in [2.05, 4.69) is 40.4 Å². The molecule has 11 nitrogen and oxygen atoms in total. The fourth-order valence-electron chi connectivity index (χ4n) is 3.56. The van der Waals surface area contributed by atoms with Crippen molar-refractivity contribution in [2.24, 2.45) is 0 Å². The van der Waals surface area contributed by atoms with Gasteiger partial charge in [-0.3, -0.25) is 14.7 Å². The van der Waals surface area contributed by atoms with Gasteiger partial charge in [0.25, 0.3) is 5.91 Å². The molecule has 170 valence electrons. The second-order valence-electron chi connectivity index (χ2n) is 7.87. The molecule has 3 N–H and O–H groups in total. The number of amides is 2. The molecule has 0 aliphatic carbocycles. The largest absolute Gasteiger partial charge is 0.345 e. The van der Waals surface area contributed by atoms with Crippen molar-refractivity contribution < 1.29 is 9.59 Å². The van der Waals surface area contributed by atoms with Gasteiger partial charge in [0.1, 0.15) is 11.5 Å². The highest BCUT2D eigenvalue weighted by atomic mass is 16.2. The normalized spacial score (nSPS) is 11.1. The number of hydrogen-bond acceptors (Lipinski definition) is 7. The first-order valence-electron chi connectivity index (χ1n) is 10.6. The van der Waals surface area contributed by atoms with Gasteiger partial charge in [0.2, 0.25) is 5.91 Å². The van der Waals surface area contributed by atoms with Crippen molar-refractivity contribution in [2.45, 2.75) is 13.3 Å². The molecule has 2 amide bonds. The topological polar surface area (TPSA) is 145 Å². The Balaban J connectivity index is 1.54. The van der Waals surface area contributed by atoms with Crippen LogP contribution >= 0.6 is 0 Å². The summed E-state index contributed by atoms with van der Waals surface area (Å²) in [4.78, 5) is 46.5. The second-order valence-corrected chi connectivity index (χ2v) is 7.87. The molecule has 5 rings (SSSR count). The molecule has 0 fully saturated rings. The van der Waals surface area contributed by atoms with Crippen molar-refractivity contribution >= 4 is 39.8 Å². The first kappa shape index (κ1) is 21.2.